The minimum Gasteiger partial charge on any atom is -0.338 e. The fourth-order valence-corrected chi connectivity index (χ4v) is 3.37. The predicted octanol–water partition coefficient (Wildman–Crippen LogP) is 2.21. The summed E-state index contributed by atoms with van der Waals surface area (Å²) in [6.45, 7) is 5.14. The molecule has 1 amide bonds. The van der Waals surface area contributed by atoms with Crippen molar-refractivity contribution in [2.75, 3.05) is 31.6 Å². The summed E-state index contributed by atoms with van der Waals surface area (Å²) in [7, 11) is 0. The van der Waals surface area contributed by atoms with E-state index < -0.39 is 0 Å². The molecule has 1 aliphatic carbocycles. The average molecular weight is 270 g/mol. The van der Waals surface area contributed by atoms with E-state index in [9.17, 15) is 4.79 Å². The molecule has 1 saturated carbocycles. The molecule has 1 aliphatic heterocycles. The lowest BCUT2D eigenvalue weighted by Gasteiger charge is -2.30. The van der Waals surface area contributed by atoms with Crippen LogP contribution in [0.1, 0.15) is 39.0 Å². The molecule has 0 N–H and O–H groups in total. The van der Waals surface area contributed by atoms with Crippen LogP contribution in [0.15, 0.2) is 0 Å². The summed E-state index contributed by atoms with van der Waals surface area (Å²) in [4.78, 5) is 16.4. The molecule has 1 atom stereocenters. The Morgan fingerprint density at radius 3 is 2.78 bits per heavy atom. The van der Waals surface area contributed by atoms with Crippen LogP contribution in [0.2, 0.25) is 0 Å². The van der Waals surface area contributed by atoms with Gasteiger partial charge in [-0.15, -0.1) is 0 Å². The number of carbonyl (C=O) groups excluding carboxylic acids is 1. The topological polar surface area (TPSA) is 23.6 Å². The van der Waals surface area contributed by atoms with E-state index in [-0.39, 0.29) is 5.91 Å². The highest BCUT2D eigenvalue weighted by Crippen LogP contribution is 2.29. The zero-order valence-electron chi connectivity index (χ0n) is 11.7. The highest BCUT2D eigenvalue weighted by molar-refractivity contribution is 7.98. The molecule has 1 saturated heterocycles. The fraction of sp³-hybridized carbons (Fsp3) is 0.929. The van der Waals surface area contributed by atoms with Gasteiger partial charge in [0.25, 0.3) is 0 Å². The zero-order valence-corrected chi connectivity index (χ0v) is 12.5. The zero-order chi connectivity index (χ0) is 13.0. The van der Waals surface area contributed by atoms with Gasteiger partial charge < -0.3 is 4.90 Å². The summed E-state index contributed by atoms with van der Waals surface area (Å²) in [5.74, 6) is 1.52. The molecule has 0 bridgehead atoms. The van der Waals surface area contributed by atoms with Gasteiger partial charge in [0.15, 0.2) is 0 Å². The summed E-state index contributed by atoms with van der Waals surface area (Å²) in [6.07, 6.45) is 8.47. The van der Waals surface area contributed by atoms with Crippen LogP contribution in [0.3, 0.4) is 0 Å². The van der Waals surface area contributed by atoms with Crippen LogP contribution in [-0.4, -0.2) is 59.4 Å². The number of likely N-dealkylation sites (tertiary alicyclic amines) is 1. The SMILES string of the molecule is CSCCCN1CCC[C@@H]1CN(C(C)=O)C1CC1. The Labute approximate surface area is 115 Å². The van der Waals surface area contributed by atoms with E-state index in [0.29, 0.717) is 12.1 Å². The quantitative estimate of drug-likeness (QED) is 0.663. The standard InChI is InChI=1S/C14H26N2OS/c1-12(17)16(13-6-7-13)11-14-5-3-8-15(14)9-4-10-18-2/h13-14H,3-11H2,1-2H3/t14-/m1/s1. The van der Waals surface area contributed by atoms with Crippen molar-refractivity contribution < 1.29 is 4.79 Å². The van der Waals surface area contributed by atoms with Gasteiger partial charge >= 0.3 is 0 Å². The first-order chi connectivity index (χ1) is 8.72. The average Bonchev–Trinajstić information content (AvgIpc) is 3.08. The van der Waals surface area contributed by atoms with E-state index >= 15 is 0 Å². The number of thioether (sulfide) groups is 1. The maximum Gasteiger partial charge on any atom is 0.219 e. The van der Waals surface area contributed by atoms with Crippen LogP contribution in [0.25, 0.3) is 0 Å². The smallest absolute Gasteiger partial charge is 0.219 e. The van der Waals surface area contributed by atoms with Crippen molar-refractivity contribution in [1.82, 2.24) is 9.80 Å². The number of hydrogen-bond donors (Lipinski definition) is 0. The first-order valence-corrected chi connectivity index (χ1v) is 8.62. The minimum atomic E-state index is 0.272. The molecule has 2 aliphatic rings. The first-order valence-electron chi connectivity index (χ1n) is 7.22. The molecule has 3 nitrogen and oxygen atoms in total. The van der Waals surface area contributed by atoms with Crippen molar-refractivity contribution in [3.05, 3.63) is 0 Å². The van der Waals surface area contributed by atoms with Gasteiger partial charge in [-0.3, -0.25) is 9.69 Å². The molecule has 4 heteroatoms. The van der Waals surface area contributed by atoms with Crippen molar-refractivity contribution in [3.63, 3.8) is 0 Å². The van der Waals surface area contributed by atoms with Crippen molar-refractivity contribution in [2.45, 2.75) is 51.1 Å². The molecule has 18 heavy (non-hydrogen) atoms. The van der Waals surface area contributed by atoms with E-state index in [2.05, 4.69) is 16.1 Å². The van der Waals surface area contributed by atoms with Gasteiger partial charge in [-0.05, 0) is 57.2 Å². The summed E-state index contributed by atoms with van der Waals surface area (Å²) in [5.41, 5.74) is 0. The molecule has 0 spiro atoms. The molecule has 104 valence electrons. The summed E-state index contributed by atoms with van der Waals surface area (Å²) < 4.78 is 0. The van der Waals surface area contributed by atoms with E-state index in [1.807, 2.05) is 11.8 Å². The van der Waals surface area contributed by atoms with Gasteiger partial charge in [0.2, 0.25) is 5.91 Å². The molecule has 0 aromatic heterocycles. The third kappa shape index (κ3) is 3.89. The van der Waals surface area contributed by atoms with Crippen LogP contribution in [0.4, 0.5) is 0 Å². The van der Waals surface area contributed by atoms with E-state index in [1.54, 1.807) is 6.92 Å². The van der Waals surface area contributed by atoms with Gasteiger partial charge in [0.05, 0.1) is 0 Å². The first kappa shape index (κ1) is 14.2. The third-order valence-corrected chi connectivity index (χ3v) is 4.79. The fourth-order valence-electron chi connectivity index (χ4n) is 2.96. The molecule has 0 aromatic rings. The number of carbonyl (C=O) groups is 1. The number of rotatable bonds is 7. The predicted molar refractivity (Wildman–Crippen MR) is 78.0 cm³/mol. The molecule has 1 heterocycles. The van der Waals surface area contributed by atoms with Crippen LogP contribution < -0.4 is 0 Å². The maximum atomic E-state index is 11.7. The van der Waals surface area contributed by atoms with Crippen LogP contribution in [-0.2, 0) is 4.79 Å². The van der Waals surface area contributed by atoms with Crippen LogP contribution in [0, 0.1) is 0 Å². The highest BCUT2D eigenvalue weighted by Gasteiger charge is 2.34. The van der Waals surface area contributed by atoms with Crippen LogP contribution >= 0.6 is 11.8 Å². The van der Waals surface area contributed by atoms with Gasteiger partial charge in [-0.25, -0.2) is 0 Å². The third-order valence-electron chi connectivity index (χ3n) is 4.09. The molecule has 2 rings (SSSR count). The monoisotopic (exact) mass is 270 g/mol. The highest BCUT2D eigenvalue weighted by atomic mass is 32.2. The molecule has 0 radical (unpaired) electrons. The normalized spacial score (nSPS) is 24.4. The molecular formula is C14H26N2OS. The van der Waals surface area contributed by atoms with Crippen molar-refractivity contribution in [3.8, 4) is 0 Å². The Morgan fingerprint density at radius 2 is 2.17 bits per heavy atom. The summed E-state index contributed by atoms with van der Waals surface area (Å²) in [6, 6.07) is 1.19. The second-order valence-corrected chi connectivity index (χ2v) is 6.57. The number of amides is 1. The van der Waals surface area contributed by atoms with E-state index in [4.69, 9.17) is 0 Å². The lowest BCUT2D eigenvalue weighted by atomic mass is 10.2. The Bertz CT molecular complexity index is 281. The van der Waals surface area contributed by atoms with Gasteiger partial charge in [-0.2, -0.15) is 11.8 Å². The minimum absolute atomic E-state index is 0.272. The Balaban J connectivity index is 1.80. The van der Waals surface area contributed by atoms with Crippen molar-refractivity contribution in [1.29, 1.82) is 0 Å². The Hall–Kier alpha value is -0.220. The lowest BCUT2D eigenvalue weighted by Crippen LogP contribution is -2.43. The van der Waals surface area contributed by atoms with Gasteiger partial charge in [-0.1, -0.05) is 0 Å². The molecule has 0 unspecified atom stereocenters. The lowest BCUT2D eigenvalue weighted by molar-refractivity contribution is -0.130. The van der Waals surface area contributed by atoms with Crippen molar-refractivity contribution >= 4 is 17.7 Å². The van der Waals surface area contributed by atoms with E-state index in [0.717, 1.165) is 6.54 Å². The van der Waals surface area contributed by atoms with E-state index in [1.165, 1.54) is 50.9 Å². The van der Waals surface area contributed by atoms with Gasteiger partial charge in [0.1, 0.15) is 0 Å². The maximum absolute atomic E-state index is 11.7. The largest absolute Gasteiger partial charge is 0.338 e. The second kappa shape index (κ2) is 6.80. The summed E-state index contributed by atoms with van der Waals surface area (Å²) >= 11 is 1.93. The molecule has 2 fully saturated rings. The van der Waals surface area contributed by atoms with Crippen LogP contribution in [0.5, 0.6) is 0 Å². The van der Waals surface area contributed by atoms with Gasteiger partial charge in [0, 0.05) is 25.6 Å². The Kier molecular flexibility index (Phi) is 5.37. The number of hydrogen-bond acceptors (Lipinski definition) is 3. The van der Waals surface area contributed by atoms with Crippen molar-refractivity contribution in [2.24, 2.45) is 0 Å². The Morgan fingerprint density at radius 1 is 1.39 bits per heavy atom. The number of nitrogens with zero attached hydrogens (tertiary/aromatic N) is 2. The second-order valence-electron chi connectivity index (χ2n) is 5.58. The summed E-state index contributed by atoms with van der Waals surface area (Å²) in [5, 5.41) is 0. The molecule has 0 aromatic carbocycles. The molecular weight excluding hydrogens is 244 g/mol.